The van der Waals surface area contributed by atoms with Crippen molar-refractivity contribution in [2.45, 2.75) is 32.2 Å². The first kappa shape index (κ1) is 14.3. The summed E-state index contributed by atoms with van der Waals surface area (Å²) in [7, 11) is 0. The molecule has 4 atom stereocenters. The number of rotatable bonds is 3. The summed E-state index contributed by atoms with van der Waals surface area (Å²) in [4.78, 5) is 28.2. The number of aryl methyl sites for hydroxylation is 1. The minimum atomic E-state index is -0.846. The molecule has 2 rings (SSSR count). The normalized spacial score (nSPS) is 29.1. The van der Waals surface area contributed by atoms with Crippen LogP contribution in [-0.2, 0) is 4.74 Å². The number of aliphatic hydroxyl groups is 1. The summed E-state index contributed by atoms with van der Waals surface area (Å²) in [6.07, 6.45) is -0.0196. The van der Waals surface area contributed by atoms with E-state index < -0.39 is 29.6 Å². The van der Waals surface area contributed by atoms with Crippen molar-refractivity contribution < 1.29 is 9.84 Å². The lowest BCUT2D eigenvalue weighted by molar-refractivity contribution is -0.0335. The van der Waals surface area contributed by atoms with Gasteiger partial charge in [0, 0.05) is 16.7 Å². The van der Waals surface area contributed by atoms with Gasteiger partial charge in [-0.1, -0.05) is 12.0 Å². The molecule has 2 N–H and O–H groups in total. The third kappa shape index (κ3) is 2.34. The molecule has 1 aliphatic rings. The number of aliphatic hydroxyl groups excluding tert-OH is 1. The van der Waals surface area contributed by atoms with E-state index in [0.29, 0.717) is 5.56 Å². The standard InChI is InChI=1S/C11H15N5O4/c1-5-3-16(11(19)13-9(5)18)10-8(14-15-12)6(2)7(4-17)20-10/h3,6-8,10,17H,4H2,1-2H3,(H,13,18,19)/t6-,7-,8-,10-/m1/s1. The fourth-order valence-electron chi connectivity index (χ4n) is 2.30. The Hall–Kier alpha value is -2.09. The molecule has 0 saturated carbocycles. The molecular weight excluding hydrogens is 266 g/mol. The van der Waals surface area contributed by atoms with E-state index in [1.54, 1.807) is 13.8 Å². The number of ether oxygens (including phenoxy) is 1. The Labute approximate surface area is 113 Å². The monoisotopic (exact) mass is 281 g/mol. The van der Waals surface area contributed by atoms with Gasteiger partial charge in [-0.05, 0) is 18.4 Å². The maximum absolute atomic E-state index is 11.9. The quantitative estimate of drug-likeness (QED) is 0.460. The second kappa shape index (κ2) is 5.49. The molecular formula is C11H15N5O4. The molecule has 2 heterocycles. The third-order valence-electron chi connectivity index (χ3n) is 3.52. The zero-order valence-electron chi connectivity index (χ0n) is 11.1. The summed E-state index contributed by atoms with van der Waals surface area (Å²) < 4.78 is 6.76. The molecule has 0 radical (unpaired) electrons. The Morgan fingerprint density at radius 1 is 1.60 bits per heavy atom. The van der Waals surface area contributed by atoms with Gasteiger partial charge in [0.1, 0.15) is 6.23 Å². The van der Waals surface area contributed by atoms with E-state index in [1.807, 2.05) is 0 Å². The Kier molecular flexibility index (Phi) is 3.93. The van der Waals surface area contributed by atoms with Crippen molar-refractivity contribution in [2.75, 3.05) is 6.61 Å². The van der Waals surface area contributed by atoms with Crippen LogP contribution in [0.15, 0.2) is 20.9 Å². The fourth-order valence-corrected chi connectivity index (χ4v) is 2.30. The van der Waals surface area contributed by atoms with Gasteiger partial charge >= 0.3 is 5.69 Å². The molecule has 108 valence electrons. The highest BCUT2D eigenvalue weighted by Gasteiger charge is 2.42. The summed E-state index contributed by atoms with van der Waals surface area (Å²) in [5, 5.41) is 12.9. The maximum Gasteiger partial charge on any atom is 0.330 e. The molecule has 1 fully saturated rings. The maximum atomic E-state index is 11.9. The number of hydrogen-bond donors (Lipinski definition) is 2. The van der Waals surface area contributed by atoms with E-state index >= 15 is 0 Å². The number of aromatic amines is 1. The van der Waals surface area contributed by atoms with Crippen LogP contribution in [0.3, 0.4) is 0 Å². The summed E-state index contributed by atoms with van der Waals surface area (Å²) in [5.41, 5.74) is 7.85. The van der Waals surface area contributed by atoms with Gasteiger partial charge in [0.05, 0.1) is 18.8 Å². The molecule has 9 nitrogen and oxygen atoms in total. The van der Waals surface area contributed by atoms with E-state index in [-0.39, 0.29) is 12.5 Å². The first-order valence-corrected chi connectivity index (χ1v) is 6.12. The average Bonchev–Trinajstić information content (AvgIpc) is 2.72. The highest BCUT2D eigenvalue weighted by atomic mass is 16.5. The van der Waals surface area contributed by atoms with Crippen LogP contribution in [0.4, 0.5) is 0 Å². The zero-order valence-corrected chi connectivity index (χ0v) is 11.1. The van der Waals surface area contributed by atoms with Crippen LogP contribution < -0.4 is 11.2 Å². The fraction of sp³-hybridized carbons (Fsp3) is 0.636. The lowest BCUT2D eigenvalue weighted by Crippen LogP contribution is -2.36. The second-order valence-corrected chi connectivity index (χ2v) is 4.78. The Balaban J connectivity index is 2.50. The van der Waals surface area contributed by atoms with E-state index in [9.17, 15) is 14.7 Å². The van der Waals surface area contributed by atoms with Crippen LogP contribution >= 0.6 is 0 Å². The first-order valence-electron chi connectivity index (χ1n) is 6.12. The third-order valence-corrected chi connectivity index (χ3v) is 3.52. The number of hydrogen-bond acceptors (Lipinski definition) is 5. The van der Waals surface area contributed by atoms with E-state index in [1.165, 1.54) is 10.8 Å². The van der Waals surface area contributed by atoms with Crippen LogP contribution in [0.1, 0.15) is 18.7 Å². The smallest absolute Gasteiger partial charge is 0.330 e. The van der Waals surface area contributed by atoms with Crippen LogP contribution in [0.5, 0.6) is 0 Å². The highest BCUT2D eigenvalue weighted by molar-refractivity contribution is 5.03. The number of nitrogens with zero attached hydrogens (tertiary/aromatic N) is 4. The van der Waals surface area contributed by atoms with E-state index in [2.05, 4.69) is 15.0 Å². The predicted octanol–water partition coefficient (Wildman–Crippen LogP) is 0.0497. The van der Waals surface area contributed by atoms with Crippen LogP contribution in [-0.4, -0.2) is 33.4 Å². The molecule has 0 bridgehead atoms. The van der Waals surface area contributed by atoms with Crippen molar-refractivity contribution in [2.24, 2.45) is 11.0 Å². The van der Waals surface area contributed by atoms with Crippen LogP contribution in [0.2, 0.25) is 0 Å². The van der Waals surface area contributed by atoms with Gasteiger partial charge in [-0.3, -0.25) is 14.3 Å². The number of aromatic nitrogens is 2. The molecule has 0 spiro atoms. The molecule has 20 heavy (non-hydrogen) atoms. The lowest BCUT2D eigenvalue weighted by atomic mass is 9.99. The molecule has 1 aromatic heterocycles. The second-order valence-electron chi connectivity index (χ2n) is 4.78. The summed E-state index contributed by atoms with van der Waals surface area (Å²) in [5.74, 6) is -0.250. The van der Waals surface area contributed by atoms with E-state index in [4.69, 9.17) is 10.3 Å². The molecule has 9 heteroatoms. The first-order chi connectivity index (χ1) is 9.49. The molecule has 1 saturated heterocycles. The molecule has 1 aliphatic heterocycles. The Morgan fingerprint density at radius 2 is 2.30 bits per heavy atom. The highest BCUT2D eigenvalue weighted by Crippen LogP contribution is 2.35. The summed E-state index contributed by atoms with van der Waals surface area (Å²) in [6.45, 7) is 3.08. The van der Waals surface area contributed by atoms with Crippen molar-refractivity contribution in [1.82, 2.24) is 9.55 Å². The lowest BCUT2D eigenvalue weighted by Gasteiger charge is -2.18. The molecule has 0 aromatic carbocycles. The minimum absolute atomic E-state index is 0.244. The number of H-pyrrole nitrogens is 1. The number of nitrogens with one attached hydrogen (secondary N) is 1. The number of azide groups is 1. The topological polar surface area (TPSA) is 133 Å². The van der Waals surface area contributed by atoms with Crippen molar-refractivity contribution in [3.63, 3.8) is 0 Å². The predicted molar refractivity (Wildman–Crippen MR) is 69.2 cm³/mol. The van der Waals surface area contributed by atoms with Crippen LogP contribution in [0, 0.1) is 12.8 Å². The van der Waals surface area contributed by atoms with Gasteiger partial charge in [0.15, 0.2) is 0 Å². The minimum Gasteiger partial charge on any atom is -0.394 e. The molecule has 1 aromatic rings. The van der Waals surface area contributed by atoms with Gasteiger partial charge < -0.3 is 9.84 Å². The van der Waals surface area contributed by atoms with Gasteiger partial charge in [0.2, 0.25) is 0 Å². The molecule has 0 unspecified atom stereocenters. The largest absolute Gasteiger partial charge is 0.394 e. The van der Waals surface area contributed by atoms with Gasteiger partial charge in [-0.15, -0.1) is 0 Å². The SMILES string of the molecule is Cc1cn([C@@H]2O[C@H](CO)[C@@H](C)[C@H]2N=[N+]=[N-])c(=O)[nH]c1=O. The van der Waals surface area contributed by atoms with Crippen LogP contribution in [0.25, 0.3) is 10.4 Å². The summed E-state index contributed by atoms with van der Waals surface area (Å²) in [6, 6.07) is -0.639. The molecule has 0 amide bonds. The Morgan fingerprint density at radius 3 is 2.90 bits per heavy atom. The zero-order chi connectivity index (χ0) is 14.9. The van der Waals surface area contributed by atoms with Crippen molar-refractivity contribution >= 4 is 0 Å². The van der Waals surface area contributed by atoms with Gasteiger partial charge in [0.25, 0.3) is 5.56 Å². The Bertz CT molecular complexity index is 660. The van der Waals surface area contributed by atoms with Crippen molar-refractivity contribution in [1.29, 1.82) is 0 Å². The summed E-state index contributed by atoms with van der Waals surface area (Å²) >= 11 is 0. The van der Waals surface area contributed by atoms with Gasteiger partial charge in [-0.25, -0.2) is 4.79 Å². The van der Waals surface area contributed by atoms with E-state index in [0.717, 1.165) is 0 Å². The molecule has 0 aliphatic carbocycles. The van der Waals surface area contributed by atoms with Gasteiger partial charge in [-0.2, -0.15) is 0 Å². The van der Waals surface area contributed by atoms with Crippen molar-refractivity contribution in [3.05, 3.63) is 43.0 Å². The van der Waals surface area contributed by atoms with Crippen molar-refractivity contribution in [3.8, 4) is 0 Å². The average molecular weight is 281 g/mol.